The van der Waals surface area contributed by atoms with Crippen LogP contribution in [0, 0.1) is 0 Å². The third-order valence-electron chi connectivity index (χ3n) is 4.70. The Morgan fingerprint density at radius 1 is 1.23 bits per heavy atom. The zero-order chi connectivity index (χ0) is 21.1. The molecule has 0 radical (unpaired) electrons. The molecule has 1 amide bonds. The quantitative estimate of drug-likeness (QED) is 0.576. The number of thiazole rings is 1. The van der Waals surface area contributed by atoms with Gasteiger partial charge in [-0.1, -0.05) is 17.4 Å². The van der Waals surface area contributed by atoms with Gasteiger partial charge < -0.3 is 10.1 Å². The minimum absolute atomic E-state index is 0.159. The molecular formula is C19H22N4O4S3. The summed E-state index contributed by atoms with van der Waals surface area (Å²) in [4.78, 5) is 18.9. The standard InChI is InChI=1S/C19H22N4O4S3/c1-2-27-14-5-6-15-16(12-14)29-19(20-15)21-17(24)13-22-7-9-23(10-8-22)30(25,26)18-4-3-11-28-18/h3-6,11-12H,2,7-10,13H2,1H3,(H,20,21,24). The fraction of sp³-hybridized carbons (Fsp3) is 0.368. The van der Waals surface area contributed by atoms with Gasteiger partial charge in [-0.05, 0) is 36.6 Å². The van der Waals surface area contributed by atoms with Crippen LogP contribution in [-0.4, -0.2) is 67.8 Å². The number of carbonyl (C=O) groups is 1. The molecule has 8 nitrogen and oxygen atoms in total. The van der Waals surface area contributed by atoms with Crippen molar-refractivity contribution in [1.82, 2.24) is 14.2 Å². The molecule has 0 aliphatic carbocycles. The van der Waals surface area contributed by atoms with Gasteiger partial charge in [0.2, 0.25) is 5.91 Å². The molecule has 0 bridgehead atoms. The predicted molar refractivity (Wildman–Crippen MR) is 119 cm³/mol. The maximum absolute atomic E-state index is 12.6. The smallest absolute Gasteiger partial charge is 0.252 e. The number of carbonyl (C=O) groups excluding carboxylic acids is 1. The second-order valence-electron chi connectivity index (χ2n) is 6.74. The summed E-state index contributed by atoms with van der Waals surface area (Å²) >= 11 is 2.62. The molecule has 1 aliphatic heterocycles. The number of fused-ring (bicyclic) bond motifs is 1. The Hall–Kier alpha value is -2.05. The number of amides is 1. The maximum Gasteiger partial charge on any atom is 0.252 e. The molecule has 0 unspecified atom stereocenters. The molecule has 1 aliphatic rings. The van der Waals surface area contributed by atoms with Gasteiger partial charge >= 0.3 is 0 Å². The molecule has 160 valence electrons. The molecule has 1 saturated heterocycles. The van der Waals surface area contributed by atoms with E-state index >= 15 is 0 Å². The Bertz CT molecular complexity index is 1120. The molecule has 3 heterocycles. The van der Waals surface area contributed by atoms with E-state index in [1.807, 2.05) is 30.0 Å². The lowest BCUT2D eigenvalue weighted by Gasteiger charge is -2.33. The SMILES string of the molecule is CCOc1ccc2nc(NC(=O)CN3CCN(S(=O)(=O)c4cccs4)CC3)sc2c1. The Balaban J connectivity index is 1.31. The number of ether oxygens (including phenoxy) is 1. The molecule has 2 aromatic heterocycles. The molecule has 0 saturated carbocycles. The second kappa shape index (κ2) is 8.98. The Labute approximate surface area is 183 Å². The molecule has 11 heteroatoms. The van der Waals surface area contributed by atoms with Crippen LogP contribution < -0.4 is 10.1 Å². The highest BCUT2D eigenvalue weighted by Crippen LogP contribution is 2.29. The number of hydrogen-bond donors (Lipinski definition) is 1. The average molecular weight is 467 g/mol. The van der Waals surface area contributed by atoms with Crippen molar-refractivity contribution >= 4 is 54.0 Å². The molecule has 0 atom stereocenters. The lowest BCUT2D eigenvalue weighted by molar-refractivity contribution is -0.117. The van der Waals surface area contributed by atoms with Gasteiger partial charge in [0.05, 0.1) is 23.4 Å². The van der Waals surface area contributed by atoms with Gasteiger partial charge in [-0.15, -0.1) is 11.3 Å². The fourth-order valence-corrected chi connectivity index (χ4v) is 6.72. The Morgan fingerprint density at radius 2 is 2.03 bits per heavy atom. The van der Waals surface area contributed by atoms with Crippen molar-refractivity contribution in [2.45, 2.75) is 11.1 Å². The summed E-state index contributed by atoms with van der Waals surface area (Å²) < 4.78 is 33.5. The number of thiophene rings is 1. The van der Waals surface area contributed by atoms with E-state index in [0.29, 0.717) is 42.1 Å². The van der Waals surface area contributed by atoms with E-state index < -0.39 is 10.0 Å². The lowest BCUT2D eigenvalue weighted by atomic mass is 10.3. The Morgan fingerprint density at radius 3 is 2.73 bits per heavy atom. The fourth-order valence-electron chi connectivity index (χ4n) is 3.24. The van der Waals surface area contributed by atoms with Crippen LogP contribution >= 0.6 is 22.7 Å². The van der Waals surface area contributed by atoms with Gasteiger partial charge in [0.25, 0.3) is 10.0 Å². The van der Waals surface area contributed by atoms with Gasteiger partial charge in [0.1, 0.15) is 9.96 Å². The van der Waals surface area contributed by atoms with Gasteiger partial charge in [0, 0.05) is 26.2 Å². The highest BCUT2D eigenvalue weighted by Gasteiger charge is 2.29. The van der Waals surface area contributed by atoms with E-state index in [1.165, 1.54) is 27.0 Å². The van der Waals surface area contributed by atoms with Crippen molar-refractivity contribution in [2.75, 3.05) is 44.6 Å². The number of sulfonamides is 1. The number of rotatable bonds is 7. The van der Waals surface area contributed by atoms with E-state index in [2.05, 4.69) is 10.3 Å². The Kier molecular flexibility index (Phi) is 6.34. The first-order valence-corrected chi connectivity index (χ1v) is 12.7. The summed E-state index contributed by atoms with van der Waals surface area (Å²) in [6, 6.07) is 9.01. The van der Waals surface area contributed by atoms with Crippen molar-refractivity contribution in [2.24, 2.45) is 0 Å². The highest BCUT2D eigenvalue weighted by molar-refractivity contribution is 7.91. The number of nitrogens with zero attached hydrogens (tertiary/aromatic N) is 3. The summed E-state index contributed by atoms with van der Waals surface area (Å²) in [7, 11) is -3.44. The van der Waals surface area contributed by atoms with Crippen LogP contribution in [0.1, 0.15) is 6.92 Å². The monoisotopic (exact) mass is 466 g/mol. The van der Waals surface area contributed by atoms with Crippen molar-refractivity contribution in [3.8, 4) is 5.75 Å². The minimum atomic E-state index is -3.44. The number of hydrogen-bond acceptors (Lipinski definition) is 8. The van der Waals surface area contributed by atoms with Crippen LogP contribution in [0.4, 0.5) is 5.13 Å². The van der Waals surface area contributed by atoms with E-state index in [-0.39, 0.29) is 12.5 Å². The number of nitrogens with one attached hydrogen (secondary N) is 1. The van der Waals surface area contributed by atoms with E-state index in [9.17, 15) is 13.2 Å². The molecule has 3 aromatic rings. The van der Waals surface area contributed by atoms with Gasteiger partial charge in [-0.25, -0.2) is 13.4 Å². The van der Waals surface area contributed by atoms with Crippen LogP contribution in [0.5, 0.6) is 5.75 Å². The maximum atomic E-state index is 12.6. The van der Waals surface area contributed by atoms with E-state index in [1.54, 1.807) is 17.5 Å². The number of anilines is 1. The number of benzene rings is 1. The first kappa shape index (κ1) is 21.2. The third-order valence-corrected chi connectivity index (χ3v) is 8.91. The molecule has 0 spiro atoms. The molecular weight excluding hydrogens is 444 g/mol. The zero-order valence-corrected chi connectivity index (χ0v) is 18.9. The third kappa shape index (κ3) is 4.65. The molecule has 1 fully saturated rings. The van der Waals surface area contributed by atoms with Crippen molar-refractivity contribution < 1.29 is 17.9 Å². The van der Waals surface area contributed by atoms with Crippen molar-refractivity contribution in [3.63, 3.8) is 0 Å². The van der Waals surface area contributed by atoms with Crippen LogP contribution in [-0.2, 0) is 14.8 Å². The van der Waals surface area contributed by atoms with Crippen molar-refractivity contribution in [3.05, 3.63) is 35.7 Å². The van der Waals surface area contributed by atoms with Crippen LogP contribution in [0.15, 0.2) is 39.9 Å². The average Bonchev–Trinajstić information content (AvgIpc) is 3.38. The largest absolute Gasteiger partial charge is 0.494 e. The summed E-state index contributed by atoms with van der Waals surface area (Å²) in [6.07, 6.45) is 0. The summed E-state index contributed by atoms with van der Waals surface area (Å²) in [5.74, 6) is 0.621. The zero-order valence-electron chi connectivity index (χ0n) is 16.4. The second-order valence-corrected chi connectivity index (χ2v) is 10.9. The molecule has 4 rings (SSSR count). The molecule has 30 heavy (non-hydrogen) atoms. The first-order chi connectivity index (χ1) is 14.5. The molecule has 1 aromatic carbocycles. The van der Waals surface area contributed by atoms with Crippen LogP contribution in [0.3, 0.4) is 0 Å². The lowest BCUT2D eigenvalue weighted by Crippen LogP contribution is -2.50. The topological polar surface area (TPSA) is 91.8 Å². The summed E-state index contributed by atoms with van der Waals surface area (Å²) in [6.45, 7) is 4.48. The van der Waals surface area contributed by atoms with Gasteiger partial charge in [-0.2, -0.15) is 4.31 Å². The van der Waals surface area contributed by atoms with Crippen LogP contribution in [0.25, 0.3) is 10.2 Å². The minimum Gasteiger partial charge on any atom is -0.494 e. The number of aromatic nitrogens is 1. The summed E-state index contributed by atoms with van der Waals surface area (Å²) in [5, 5.41) is 5.15. The van der Waals surface area contributed by atoms with Gasteiger partial charge in [-0.3, -0.25) is 9.69 Å². The van der Waals surface area contributed by atoms with Gasteiger partial charge in [0.15, 0.2) is 5.13 Å². The van der Waals surface area contributed by atoms with Crippen molar-refractivity contribution in [1.29, 1.82) is 0 Å². The first-order valence-electron chi connectivity index (χ1n) is 9.55. The number of piperazine rings is 1. The summed E-state index contributed by atoms with van der Waals surface area (Å²) in [5.41, 5.74) is 0.811. The molecule has 1 N–H and O–H groups in total. The highest BCUT2D eigenvalue weighted by atomic mass is 32.2. The predicted octanol–water partition coefficient (Wildman–Crippen LogP) is 2.70. The van der Waals surface area contributed by atoms with Crippen LogP contribution in [0.2, 0.25) is 0 Å². The normalized spacial score (nSPS) is 16.0. The van der Waals surface area contributed by atoms with E-state index in [4.69, 9.17) is 4.74 Å². The van der Waals surface area contributed by atoms with E-state index in [0.717, 1.165) is 16.0 Å².